The van der Waals surface area contributed by atoms with Crippen LogP contribution in [0.1, 0.15) is 83.4 Å². The molecule has 0 bridgehead atoms. The van der Waals surface area contributed by atoms with Crippen molar-refractivity contribution in [3.05, 3.63) is 76.9 Å². The third kappa shape index (κ3) is 13.1. The molecule has 0 aliphatic heterocycles. The van der Waals surface area contributed by atoms with Crippen molar-refractivity contribution < 1.29 is 19.1 Å². The second-order valence-electron chi connectivity index (χ2n) is 9.73. The monoisotopic (exact) mass is 490 g/mol. The molecule has 0 fully saturated rings. The Kier molecular flexibility index (Phi) is 14.8. The molecule has 0 saturated carbocycles. The van der Waals surface area contributed by atoms with Gasteiger partial charge >= 0.3 is 5.97 Å². The van der Waals surface area contributed by atoms with Crippen LogP contribution in [-0.2, 0) is 19.1 Å². The van der Waals surface area contributed by atoms with Gasteiger partial charge in [-0.05, 0) is 61.4 Å². The molecule has 2 rings (SSSR count). The summed E-state index contributed by atoms with van der Waals surface area (Å²) in [5.74, 6) is 5.02. The molecule has 0 heterocycles. The first-order valence-corrected chi connectivity index (χ1v) is 12.7. The molecule has 0 spiro atoms. The predicted octanol–water partition coefficient (Wildman–Crippen LogP) is 7.25. The van der Waals surface area contributed by atoms with Crippen LogP contribution in [0, 0.1) is 17.3 Å². The van der Waals surface area contributed by atoms with Crippen molar-refractivity contribution in [1.82, 2.24) is 0 Å². The minimum absolute atomic E-state index is 0.139. The van der Waals surface area contributed by atoms with Crippen molar-refractivity contribution in [3.8, 4) is 11.8 Å². The Morgan fingerprint density at radius 1 is 0.889 bits per heavy atom. The van der Waals surface area contributed by atoms with Crippen LogP contribution >= 0.6 is 0 Å². The van der Waals surface area contributed by atoms with E-state index in [2.05, 4.69) is 62.1 Å². The molecule has 4 heteroatoms. The van der Waals surface area contributed by atoms with Crippen molar-refractivity contribution >= 4 is 17.8 Å². The molecule has 0 unspecified atom stereocenters. The lowest BCUT2D eigenvalue weighted by atomic mass is 9.92. The maximum Gasteiger partial charge on any atom is 0.384 e. The van der Waals surface area contributed by atoms with Crippen LogP contribution in [0.4, 0.5) is 0 Å². The quantitative estimate of drug-likeness (QED) is 0.152. The molecule has 0 radical (unpaired) electrons. The highest BCUT2D eigenvalue weighted by atomic mass is 16.5. The molecular formula is C32H42O4. The number of rotatable bonds is 10. The van der Waals surface area contributed by atoms with Gasteiger partial charge in [0.05, 0.1) is 6.61 Å². The Hall–Kier alpha value is -3.16. The summed E-state index contributed by atoms with van der Waals surface area (Å²) in [4.78, 5) is 21.6. The first-order valence-electron chi connectivity index (χ1n) is 12.7. The maximum atomic E-state index is 11.8. The standard InChI is InChI=1S/C27H32O3.C5H10O/c1-4-22(2)27(24-12-8-7-9-13-24)25-17-14-23(15-18-25)16-19-26(28)30-21-11-6-5-10-20-29-3;1-5(2,3)4-6/h7-9,12-15,17-18H,4-6,10-11,20-21H2,1-3H3;4H,1-3H3/b27-22+;. The lowest BCUT2D eigenvalue weighted by Crippen LogP contribution is -2.04. The lowest BCUT2D eigenvalue weighted by molar-refractivity contribution is -0.136. The number of benzene rings is 2. The zero-order chi connectivity index (χ0) is 26.8. The molecule has 0 aliphatic carbocycles. The third-order valence-corrected chi connectivity index (χ3v) is 5.33. The zero-order valence-electron chi connectivity index (χ0n) is 22.9. The fourth-order valence-electron chi connectivity index (χ4n) is 3.19. The minimum atomic E-state index is -0.470. The number of aldehydes is 1. The molecule has 0 amide bonds. The number of esters is 1. The van der Waals surface area contributed by atoms with E-state index < -0.39 is 5.97 Å². The first-order chi connectivity index (χ1) is 17.2. The highest BCUT2D eigenvalue weighted by Gasteiger charge is 2.08. The smallest absolute Gasteiger partial charge is 0.384 e. The molecule has 0 atom stereocenters. The average Bonchev–Trinajstić information content (AvgIpc) is 2.88. The molecule has 194 valence electrons. The van der Waals surface area contributed by atoms with Gasteiger partial charge in [-0.3, -0.25) is 0 Å². The van der Waals surface area contributed by atoms with Gasteiger partial charge in [-0.1, -0.05) is 88.1 Å². The summed E-state index contributed by atoms with van der Waals surface area (Å²) in [5, 5.41) is 0. The summed E-state index contributed by atoms with van der Waals surface area (Å²) in [6.45, 7) is 11.2. The summed E-state index contributed by atoms with van der Waals surface area (Å²) < 4.78 is 10.2. The molecule has 2 aromatic rings. The summed E-state index contributed by atoms with van der Waals surface area (Å²) >= 11 is 0. The van der Waals surface area contributed by atoms with Crippen LogP contribution in [0.2, 0.25) is 0 Å². The summed E-state index contributed by atoms with van der Waals surface area (Å²) in [7, 11) is 1.71. The number of ether oxygens (including phenoxy) is 2. The number of carbonyl (C=O) groups is 2. The van der Waals surface area contributed by atoms with Crippen molar-refractivity contribution in [1.29, 1.82) is 0 Å². The second-order valence-corrected chi connectivity index (χ2v) is 9.73. The van der Waals surface area contributed by atoms with Crippen LogP contribution in [-0.4, -0.2) is 32.6 Å². The molecule has 4 nitrogen and oxygen atoms in total. The highest BCUT2D eigenvalue weighted by molar-refractivity contribution is 5.89. The van der Waals surface area contributed by atoms with Gasteiger partial charge < -0.3 is 14.3 Å². The Morgan fingerprint density at radius 2 is 1.44 bits per heavy atom. The average molecular weight is 491 g/mol. The van der Waals surface area contributed by atoms with E-state index in [9.17, 15) is 9.59 Å². The van der Waals surface area contributed by atoms with E-state index in [0.29, 0.717) is 6.61 Å². The molecule has 36 heavy (non-hydrogen) atoms. The largest absolute Gasteiger partial charge is 0.456 e. The summed E-state index contributed by atoms with van der Waals surface area (Å²) in [6, 6.07) is 18.5. The Labute approximate surface area is 218 Å². The predicted molar refractivity (Wildman–Crippen MR) is 149 cm³/mol. The van der Waals surface area contributed by atoms with Crippen LogP contribution in [0.25, 0.3) is 5.57 Å². The molecule has 2 aromatic carbocycles. The zero-order valence-corrected chi connectivity index (χ0v) is 22.9. The number of hydrogen-bond acceptors (Lipinski definition) is 4. The number of unbranched alkanes of at least 4 members (excludes halogenated alkanes) is 3. The van der Waals surface area contributed by atoms with Gasteiger partial charge in [0.2, 0.25) is 0 Å². The van der Waals surface area contributed by atoms with Crippen molar-refractivity contribution in [2.45, 2.75) is 66.7 Å². The van der Waals surface area contributed by atoms with Crippen LogP contribution in [0.15, 0.2) is 60.2 Å². The van der Waals surface area contributed by atoms with E-state index in [-0.39, 0.29) is 5.41 Å². The second kappa shape index (κ2) is 17.3. The van der Waals surface area contributed by atoms with Crippen molar-refractivity contribution in [2.75, 3.05) is 20.3 Å². The van der Waals surface area contributed by atoms with Gasteiger partial charge in [-0.15, -0.1) is 0 Å². The van der Waals surface area contributed by atoms with Gasteiger partial charge in [0, 0.05) is 30.6 Å². The van der Waals surface area contributed by atoms with Crippen LogP contribution < -0.4 is 0 Å². The number of allylic oxidation sites excluding steroid dienone is 1. The van der Waals surface area contributed by atoms with Crippen LogP contribution in [0.3, 0.4) is 0 Å². The van der Waals surface area contributed by atoms with E-state index in [1.165, 1.54) is 16.7 Å². The normalized spacial score (nSPS) is 11.3. The van der Waals surface area contributed by atoms with E-state index in [1.807, 2.05) is 39.0 Å². The first kappa shape index (κ1) is 30.9. The van der Waals surface area contributed by atoms with E-state index in [1.54, 1.807) is 7.11 Å². The van der Waals surface area contributed by atoms with Gasteiger partial charge in [-0.25, -0.2) is 4.79 Å². The van der Waals surface area contributed by atoms with Gasteiger partial charge in [0.25, 0.3) is 0 Å². The lowest BCUT2D eigenvalue weighted by Gasteiger charge is -2.12. The van der Waals surface area contributed by atoms with Crippen LogP contribution in [0.5, 0.6) is 0 Å². The van der Waals surface area contributed by atoms with Gasteiger partial charge in [0.1, 0.15) is 6.29 Å². The molecular weight excluding hydrogens is 448 g/mol. The number of hydrogen-bond donors (Lipinski definition) is 0. The topological polar surface area (TPSA) is 52.6 Å². The minimum Gasteiger partial charge on any atom is -0.456 e. The van der Waals surface area contributed by atoms with E-state index >= 15 is 0 Å². The number of methoxy groups -OCH3 is 1. The Balaban J connectivity index is 0.000000960. The Morgan fingerprint density at radius 3 is 1.97 bits per heavy atom. The third-order valence-electron chi connectivity index (χ3n) is 5.33. The van der Waals surface area contributed by atoms with E-state index in [0.717, 1.165) is 56.1 Å². The highest BCUT2D eigenvalue weighted by Crippen LogP contribution is 2.28. The molecule has 0 saturated heterocycles. The Bertz CT molecular complexity index is 1000. The SMILES string of the molecule is CC(C)(C)C=O.CC/C(C)=C(\c1ccccc1)c1ccc(C#CC(=O)OCCCCCCOC)cc1. The summed E-state index contributed by atoms with van der Waals surface area (Å²) in [6.07, 6.45) is 5.94. The van der Waals surface area contributed by atoms with E-state index in [4.69, 9.17) is 9.47 Å². The fraction of sp³-hybridized carbons (Fsp3) is 0.438. The summed E-state index contributed by atoms with van der Waals surface area (Å²) in [5.41, 5.74) is 5.62. The van der Waals surface area contributed by atoms with Crippen molar-refractivity contribution in [2.24, 2.45) is 5.41 Å². The molecule has 0 aromatic heterocycles. The molecule has 0 N–H and O–H groups in total. The van der Waals surface area contributed by atoms with Crippen molar-refractivity contribution in [3.63, 3.8) is 0 Å². The maximum absolute atomic E-state index is 11.8. The van der Waals surface area contributed by atoms with Gasteiger partial charge in [-0.2, -0.15) is 0 Å². The van der Waals surface area contributed by atoms with Gasteiger partial charge in [0.15, 0.2) is 0 Å². The number of carbonyl (C=O) groups excluding carboxylic acids is 2. The fourth-order valence-corrected chi connectivity index (χ4v) is 3.19. The molecule has 0 aliphatic rings.